The van der Waals surface area contributed by atoms with E-state index in [0.29, 0.717) is 0 Å². The zero-order valence-electron chi connectivity index (χ0n) is 8.44. The number of thiophene rings is 2. The third-order valence-electron chi connectivity index (χ3n) is 2.53. The van der Waals surface area contributed by atoms with Crippen molar-refractivity contribution in [2.24, 2.45) is 0 Å². The second kappa shape index (κ2) is 4.47. The summed E-state index contributed by atoms with van der Waals surface area (Å²) < 4.78 is 4.28. The van der Waals surface area contributed by atoms with Gasteiger partial charge in [0.1, 0.15) is 0 Å². The number of fused-ring (bicyclic) bond motifs is 1. The van der Waals surface area contributed by atoms with Crippen molar-refractivity contribution in [3.05, 3.63) is 55.8 Å². The predicted molar refractivity (Wildman–Crippen MR) is 81.7 cm³/mol. The molecule has 0 unspecified atom stereocenters. The maximum Gasteiger partial charge on any atom is 0.0674 e. The summed E-state index contributed by atoms with van der Waals surface area (Å²) in [6.07, 6.45) is 1.05. The first-order valence-electron chi connectivity index (χ1n) is 5.02. The molecule has 0 aliphatic rings. The summed E-state index contributed by atoms with van der Waals surface area (Å²) in [6, 6.07) is 13.0. The van der Waals surface area contributed by atoms with E-state index in [1.165, 1.54) is 23.4 Å². The third-order valence-corrected chi connectivity index (χ3v) is 5.60. The Hall–Kier alpha value is -0.390. The molecule has 2 aromatic heterocycles. The molecule has 0 fully saturated rings. The van der Waals surface area contributed by atoms with Crippen LogP contribution < -0.4 is 0 Å². The fraction of sp³-hybridized carbons (Fsp3) is 0.0769. The van der Waals surface area contributed by atoms with Crippen LogP contribution >= 0.6 is 45.3 Å². The molecule has 0 saturated heterocycles. The molecule has 0 N–H and O–H groups in total. The first kappa shape index (κ1) is 10.7. The molecule has 1 aromatic carbocycles. The molecule has 16 heavy (non-hydrogen) atoms. The van der Waals surface area contributed by atoms with Crippen molar-refractivity contribution in [1.82, 2.24) is 0 Å². The van der Waals surface area contributed by atoms with Gasteiger partial charge >= 0.3 is 0 Å². The number of rotatable bonds is 2. The summed E-state index contributed by atoms with van der Waals surface area (Å²) in [6.45, 7) is 0. The van der Waals surface area contributed by atoms with Gasteiger partial charge in [-0.25, -0.2) is 0 Å². The second-order valence-corrected chi connectivity index (χ2v) is 7.52. The summed E-state index contributed by atoms with van der Waals surface area (Å²) >= 11 is 6.16. The van der Waals surface area contributed by atoms with E-state index in [-0.39, 0.29) is 0 Å². The Morgan fingerprint density at radius 1 is 1.12 bits per heavy atom. The van der Waals surface area contributed by atoms with E-state index in [4.69, 9.17) is 0 Å². The van der Waals surface area contributed by atoms with E-state index in [1.807, 2.05) is 22.7 Å². The minimum Gasteiger partial charge on any atom is -0.143 e. The van der Waals surface area contributed by atoms with E-state index in [2.05, 4.69) is 64.4 Å². The van der Waals surface area contributed by atoms with Crippen LogP contribution in [0.5, 0.6) is 0 Å². The van der Waals surface area contributed by atoms with Crippen LogP contribution in [0, 0.1) is 2.88 Å². The fourth-order valence-corrected chi connectivity index (χ4v) is 5.07. The molecule has 0 aliphatic heterocycles. The zero-order valence-corrected chi connectivity index (χ0v) is 12.2. The molecule has 3 rings (SSSR count). The maximum absolute atomic E-state index is 2.40. The average Bonchev–Trinajstić information content (AvgIpc) is 2.81. The first-order chi connectivity index (χ1) is 7.83. The lowest BCUT2D eigenvalue weighted by Crippen LogP contribution is -1.83. The number of benzene rings is 1. The monoisotopic (exact) mass is 356 g/mol. The van der Waals surface area contributed by atoms with Crippen LogP contribution in [-0.4, -0.2) is 0 Å². The van der Waals surface area contributed by atoms with Crippen molar-refractivity contribution < 1.29 is 0 Å². The van der Waals surface area contributed by atoms with Gasteiger partial charge in [-0.1, -0.05) is 30.3 Å². The lowest BCUT2D eigenvalue weighted by molar-refractivity contribution is 1.23. The van der Waals surface area contributed by atoms with Crippen LogP contribution in [0.2, 0.25) is 0 Å². The minimum absolute atomic E-state index is 1.05. The van der Waals surface area contributed by atoms with Crippen LogP contribution in [0.15, 0.2) is 41.8 Å². The number of hydrogen-bond acceptors (Lipinski definition) is 2. The molecule has 0 aliphatic carbocycles. The largest absolute Gasteiger partial charge is 0.143 e. The van der Waals surface area contributed by atoms with Gasteiger partial charge in [-0.05, 0) is 51.6 Å². The van der Waals surface area contributed by atoms with Gasteiger partial charge in [0.15, 0.2) is 0 Å². The third kappa shape index (κ3) is 2.04. The van der Waals surface area contributed by atoms with Crippen molar-refractivity contribution >= 4 is 54.7 Å². The predicted octanol–water partition coefficient (Wildman–Crippen LogP) is 5.16. The molecule has 0 nitrogen and oxygen atoms in total. The molecule has 0 spiro atoms. The van der Waals surface area contributed by atoms with Gasteiger partial charge in [-0.2, -0.15) is 0 Å². The minimum atomic E-state index is 1.05. The van der Waals surface area contributed by atoms with Crippen molar-refractivity contribution in [1.29, 1.82) is 0 Å². The van der Waals surface area contributed by atoms with E-state index < -0.39 is 0 Å². The van der Waals surface area contributed by atoms with Gasteiger partial charge in [-0.3, -0.25) is 0 Å². The highest BCUT2D eigenvalue weighted by atomic mass is 127. The van der Waals surface area contributed by atoms with E-state index in [9.17, 15) is 0 Å². The van der Waals surface area contributed by atoms with Crippen LogP contribution in [0.1, 0.15) is 11.1 Å². The molecule has 0 atom stereocenters. The van der Waals surface area contributed by atoms with Crippen molar-refractivity contribution in [2.75, 3.05) is 0 Å². The molecule has 2 heterocycles. The average molecular weight is 356 g/mol. The summed E-state index contributed by atoms with van der Waals surface area (Å²) in [7, 11) is 0. The van der Waals surface area contributed by atoms with Crippen LogP contribution in [-0.2, 0) is 6.42 Å². The van der Waals surface area contributed by atoms with E-state index >= 15 is 0 Å². The van der Waals surface area contributed by atoms with Gasteiger partial charge in [0.2, 0.25) is 0 Å². The van der Waals surface area contributed by atoms with E-state index in [0.717, 1.165) is 6.42 Å². The van der Waals surface area contributed by atoms with Gasteiger partial charge in [0.05, 0.1) is 2.88 Å². The number of hydrogen-bond donors (Lipinski definition) is 0. The summed E-state index contributed by atoms with van der Waals surface area (Å²) in [4.78, 5) is 0. The van der Waals surface area contributed by atoms with Gasteiger partial charge in [0, 0.05) is 9.40 Å². The Balaban J connectivity index is 2.00. The highest BCUT2D eigenvalue weighted by Gasteiger charge is 2.08. The normalized spacial score (nSPS) is 11.1. The maximum atomic E-state index is 2.40. The highest BCUT2D eigenvalue weighted by Crippen LogP contribution is 2.35. The smallest absolute Gasteiger partial charge is 0.0674 e. The Morgan fingerprint density at radius 2 is 1.94 bits per heavy atom. The molecule has 3 heteroatoms. The van der Waals surface area contributed by atoms with Crippen LogP contribution in [0.4, 0.5) is 0 Å². The molecular formula is C13H9IS2. The Morgan fingerprint density at radius 3 is 2.75 bits per heavy atom. The molecule has 0 amide bonds. The van der Waals surface area contributed by atoms with E-state index in [1.54, 1.807) is 0 Å². The van der Waals surface area contributed by atoms with Crippen LogP contribution in [0.25, 0.3) is 9.40 Å². The quantitative estimate of drug-likeness (QED) is 0.557. The molecule has 0 radical (unpaired) electrons. The summed E-state index contributed by atoms with van der Waals surface area (Å²) in [5, 5.41) is 2.30. The topological polar surface area (TPSA) is 0 Å². The highest BCUT2D eigenvalue weighted by molar-refractivity contribution is 14.1. The Kier molecular flexibility index (Phi) is 3.00. The zero-order chi connectivity index (χ0) is 11.0. The Labute approximate surface area is 116 Å². The van der Waals surface area contributed by atoms with Crippen molar-refractivity contribution in [3.8, 4) is 0 Å². The second-order valence-electron chi connectivity index (χ2n) is 3.67. The molecule has 80 valence electrons. The lowest BCUT2D eigenvalue weighted by atomic mass is 10.1. The SMILES string of the molecule is Ic1cc2scc(Cc3ccccc3)c2s1. The van der Waals surface area contributed by atoms with Crippen molar-refractivity contribution in [3.63, 3.8) is 0 Å². The fourth-order valence-electron chi connectivity index (χ4n) is 1.78. The molecular weight excluding hydrogens is 347 g/mol. The van der Waals surface area contributed by atoms with Gasteiger partial charge < -0.3 is 0 Å². The molecule has 0 bridgehead atoms. The van der Waals surface area contributed by atoms with Gasteiger partial charge in [-0.15, -0.1) is 22.7 Å². The standard InChI is InChI=1S/C13H9IS2/c14-12-7-11-13(16-12)10(8-15-11)6-9-4-2-1-3-5-9/h1-5,7-8H,6H2. The summed E-state index contributed by atoms with van der Waals surface area (Å²) in [5.74, 6) is 0. The molecule has 3 aromatic rings. The first-order valence-corrected chi connectivity index (χ1v) is 7.80. The summed E-state index contributed by atoms with van der Waals surface area (Å²) in [5.41, 5.74) is 2.87. The molecule has 0 saturated carbocycles. The van der Waals surface area contributed by atoms with Crippen molar-refractivity contribution in [2.45, 2.75) is 6.42 Å². The van der Waals surface area contributed by atoms with Crippen LogP contribution in [0.3, 0.4) is 0 Å². The number of halogens is 1. The lowest BCUT2D eigenvalue weighted by Gasteiger charge is -1.98. The van der Waals surface area contributed by atoms with Gasteiger partial charge in [0.25, 0.3) is 0 Å². The Bertz CT molecular complexity index is 607.